The van der Waals surface area contributed by atoms with Gasteiger partial charge in [-0.05, 0) is 16.7 Å². The number of hydrogen-bond acceptors (Lipinski definition) is 2. The van der Waals surface area contributed by atoms with E-state index >= 15 is 0 Å². The SMILES string of the molecule is O=C1CC(C(=O)O)(c2ccccc2-c2ccccc2)C1. The monoisotopic (exact) mass is 266 g/mol. The van der Waals surface area contributed by atoms with Crippen LogP contribution in [-0.4, -0.2) is 16.9 Å². The van der Waals surface area contributed by atoms with E-state index in [-0.39, 0.29) is 18.6 Å². The summed E-state index contributed by atoms with van der Waals surface area (Å²) in [5, 5.41) is 9.57. The Labute approximate surface area is 116 Å². The molecule has 2 aromatic carbocycles. The van der Waals surface area contributed by atoms with Crippen LogP contribution in [-0.2, 0) is 15.0 Å². The quantitative estimate of drug-likeness (QED) is 0.929. The van der Waals surface area contributed by atoms with E-state index in [1.165, 1.54) is 0 Å². The van der Waals surface area contributed by atoms with Crippen molar-refractivity contribution < 1.29 is 14.7 Å². The smallest absolute Gasteiger partial charge is 0.315 e. The van der Waals surface area contributed by atoms with E-state index in [1.54, 1.807) is 0 Å². The standard InChI is InChI=1S/C17H14O3/c18-13-10-17(11-13,16(19)20)15-9-5-4-8-14(15)12-6-2-1-3-7-12/h1-9H,10-11H2,(H,19,20). The van der Waals surface area contributed by atoms with Crippen LogP contribution >= 0.6 is 0 Å². The Morgan fingerprint density at radius 3 is 2.15 bits per heavy atom. The zero-order valence-electron chi connectivity index (χ0n) is 10.9. The molecule has 0 saturated heterocycles. The normalized spacial score (nSPS) is 16.5. The van der Waals surface area contributed by atoms with Gasteiger partial charge in [0.25, 0.3) is 0 Å². The van der Waals surface area contributed by atoms with Crippen molar-refractivity contribution in [3.63, 3.8) is 0 Å². The molecular formula is C17H14O3. The van der Waals surface area contributed by atoms with Crippen molar-refractivity contribution >= 4 is 11.8 Å². The van der Waals surface area contributed by atoms with Gasteiger partial charge in [-0.15, -0.1) is 0 Å². The van der Waals surface area contributed by atoms with Gasteiger partial charge in [0.05, 0.1) is 0 Å². The van der Waals surface area contributed by atoms with Gasteiger partial charge in [0.2, 0.25) is 0 Å². The molecule has 0 heterocycles. The van der Waals surface area contributed by atoms with Crippen LogP contribution in [0.25, 0.3) is 11.1 Å². The van der Waals surface area contributed by atoms with Crippen molar-refractivity contribution in [2.45, 2.75) is 18.3 Å². The Bertz CT molecular complexity index is 666. The number of carbonyl (C=O) groups is 2. The highest BCUT2D eigenvalue weighted by Gasteiger charge is 2.52. The fourth-order valence-corrected chi connectivity index (χ4v) is 2.85. The number of carboxylic acid groups (broad SMARTS) is 1. The van der Waals surface area contributed by atoms with Crippen molar-refractivity contribution in [3.05, 3.63) is 60.2 Å². The first-order valence-electron chi connectivity index (χ1n) is 6.53. The molecule has 0 bridgehead atoms. The first kappa shape index (κ1) is 12.6. The number of aliphatic carboxylic acids is 1. The number of rotatable bonds is 3. The van der Waals surface area contributed by atoms with E-state index in [1.807, 2.05) is 54.6 Å². The van der Waals surface area contributed by atoms with Crippen LogP contribution in [0.3, 0.4) is 0 Å². The van der Waals surface area contributed by atoms with E-state index in [9.17, 15) is 14.7 Å². The second-order valence-corrected chi connectivity index (χ2v) is 5.19. The Morgan fingerprint density at radius 1 is 0.950 bits per heavy atom. The molecule has 3 rings (SSSR count). The molecule has 0 amide bonds. The number of carboxylic acids is 1. The van der Waals surface area contributed by atoms with Crippen molar-refractivity contribution in [1.29, 1.82) is 0 Å². The maximum absolute atomic E-state index is 11.7. The molecule has 0 atom stereocenters. The molecule has 100 valence electrons. The maximum atomic E-state index is 11.7. The summed E-state index contributed by atoms with van der Waals surface area (Å²) in [5.74, 6) is -0.907. The molecule has 0 aliphatic heterocycles. The van der Waals surface area contributed by atoms with Crippen LogP contribution in [0.1, 0.15) is 18.4 Å². The lowest BCUT2D eigenvalue weighted by Crippen LogP contribution is -2.48. The summed E-state index contributed by atoms with van der Waals surface area (Å²) >= 11 is 0. The minimum Gasteiger partial charge on any atom is -0.481 e. The third-order valence-electron chi connectivity index (χ3n) is 3.93. The predicted octanol–water partition coefficient (Wildman–Crippen LogP) is 3.04. The Balaban J connectivity index is 2.16. The highest BCUT2D eigenvalue weighted by atomic mass is 16.4. The summed E-state index contributed by atoms with van der Waals surface area (Å²) in [6, 6.07) is 17.1. The third-order valence-corrected chi connectivity index (χ3v) is 3.93. The molecule has 0 radical (unpaired) electrons. The molecule has 20 heavy (non-hydrogen) atoms. The molecule has 0 aromatic heterocycles. The van der Waals surface area contributed by atoms with E-state index in [0.29, 0.717) is 0 Å². The van der Waals surface area contributed by atoms with E-state index < -0.39 is 11.4 Å². The average Bonchev–Trinajstić information content (AvgIpc) is 2.44. The van der Waals surface area contributed by atoms with Gasteiger partial charge in [0.15, 0.2) is 0 Å². The number of hydrogen-bond donors (Lipinski definition) is 1. The second kappa shape index (κ2) is 4.60. The Kier molecular flexibility index (Phi) is 2.90. The molecule has 1 fully saturated rings. The first-order valence-corrected chi connectivity index (χ1v) is 6.53. The second-order valence-electron chi connectivity index (χ2n) is 5.19. The highest BCUT2D eigenvalue weighted by molar-refractivity contribution is 6.02. The minimum atomic E-state index is -1.05. The highest BCUT2D eigenvalue weighted by Crippen LogP contribution is 2.45. The third kappa shape index (κ3) is 1.83. The molecule has 0 spiro atoms. The lowest BCUT2D eigenvalue weighted by molar-refractivity contribution is -0.153. The van der Waals surface area contributed by atoms with E-state index in [4.69, 9.17) is 0 Å². The fourth-order valence-electron chi connectivity index (χ4n) is 2.85. The average molecular weight is 266 g/mol. The van der Waals surface area contributed by atoms with Crippen molar-refractivity contribution in [1.82, 2.24) is 0 Å². The van der Waals surface area contributed by atoms with Crippen LogP contribution in [0.2, 0.25) is 0 Å². The lowest BCUT2D eigenvalue weighted by Gasteiger charge is -2.38. The van der Waals surface area contributed by atoms with E-state index in [2.05, 4.69) is 0 Å². The van der Waals surface area contributed by atoms with Gasteiger partial charge in [-0.1, -0.05) is 54.6 Å². The van der Waals surface area contributed by atoms with Crippen LogP contribution in [0, 0.1) is 0 Å². The van der Waals surface area contributed by atoms with Gasteiger partial charge in [0, 0.05) is 12.8 Å². The molecule has 1 saturated carbocycles. The summed E-state index contributed by atoms with van der Waals surface area (Å²) in [5.41, 5.74) is 1.55. The number of benzene rings is 2. The largest absolute Gasteiger partial charge is 0.481 e. The fraction of sp³-hybridized carbons (Fsp3) is 0.176. The summed E-state index contributed by atoms with van der Waals surface area (Å²) in [6.07, 6.45) is 0.179. The van der Waals surface area contributed by atoms with Crippen LogP contribution < -0.4 is 0 Å². The first-order chi connectivity index (χ1) is 9.63. The molecule has 3 nitrogen and oxygen atoms in total. The molecule has 0 unspecified atom stereocenters. The molecule has 1 aliphatic rings. The molecule has 2 aromatic rings. The van der Waals surface area contributed by atoms with Gasteiger partial charge in [-0.3, -0.25) is 9.59 Å². The summed E-state index contributed by atoms with van der Waals surface area (Å²) in [4.78, 5) is 23.1. The van der Waals surface area contributed by atoms with Gasteiger partial charge in [-0.25, -0.2) is 0 Å². The topological polar surface area (TPSA) is 54.4 Å². The van der Waals surface area contributed by atoms with E-state index in [0.717, 1.165) is 16.7 Å². The minimum absolute atomic E-state index is 0.00950. The van der Waals surface area contributed by atoms with Gasteiger partial charge in [-0.2, -0.15) is 0 Å². The number of Topliss-reactive ketones (excluding diaryl/α,β-unsaturated/α-hetero) is 1. The van der Waals surface area contributed by atoms with Crippen LogP contribution in [0.15, 0.2) is 54.6 Å². The number of carbonyl (C=O) groups excluding carboxylic acids is 1. The molecule has 1 aliphatic carbocycles. The Hall–Kier alpha value is -2.42. The van der Waals surface area contributed by atoms with Crippen molar-refractivity contribution in [2.24, 2.45) is 0 Å². The Morgan fingerprint density at radius 2 is 1.55 bits per heavy atom. The van der Waals surface area contributed by atoms with Gasteiger partial charge in [0.1, 0.15) is 11.2 Å². The zero-order valence-corrected chi connectivity index (χ0v) is 10.9. The summed E-state index contributed by atoms with van der Waals surface area (Å²) in [7, 11) is 0. The lowest BCUT2D eigenvalue weighted by atomic mass is 9.62. The zero-order chi connectivity index (χ0) is 14.2. The molecular weight excluding hydrogens is 252 g/mol. The maximum Gasteiger partial charge on any atom is 0.315 e. The van der Waals surface area contributed by atoms with Crippen molar-refractivity contribution in [3.8, 4) is 11.1 Å². The summed E-state index contributed by atoms with van der Waals surface area (Å²) < 4.78 is 0. The number of ketones is 1. The molecule has 1 N–H and O–H groups in total. The molecule has 3 heteroatoms. The summed E-state index contributed by atoms with van der Waals surface area (Å²) in [6.45, 7) is 0. The van der Waals surface area contributed by atoms with Crippen LogP contribution in [0.5, 0.6) is 0 Å². The van der Waals surface area contributed by atoms with Gasteiger partial charge < -0.3 is 5.11 Å². The van der Waals surface area contributed by atoms with Gasteiger partial charge >= 0.3 is 5.97 Å². The van der Waals surface area contributed by atoms with Crippen LogP contribution in [0.4, 0.5) is 0 Å². The van der Waals surface area contributed by atoms with Crippen molar-refractivity contribution in [2.75, 3.05) is 0 Å². The predicted molar refractivity (Wildman–Crippen MR) is 75.4 cm³/mol.